The summed E-state index contributed by atoms with van der Waals surface area (Å²) in [4.78, 5) is 27.8. The molecule has 3 rings (SSSR count). The van der Waals surface area contributed by atoms with Gasteiger partial charge in [0.1, 0.15) is 17.8 Å². The van der Waals surface area contributed by atoms with Crippen molar-refractivity contribution in [3.05, 3.63) is 18.1 Å². The number of aromatic nitrogens is 3. The third kappa shape index (κ3) is 3.09. The van der Waals surface area contributed by atoms with Crippen molar-refractivity contribution in [3.63, 3.8) is 0 Å². The minimum atomic E-state index is -0.0411. The number of aromatic amines is 1. The van der Waals surface area contributed by atoms with Gasteiger partial charge in [-0.25, -0.2) is 14.8 Å². The molecule has 0 saturated carbocycles. The van der Waals surface area contributed by atoms with Gasteiger partial charge >= 0.3 is 6.03 Å². The molecule has 23 heavy (non-hydrogen) atoms. The number of nitrogens with zero attached hydrogens (tertiary/aromatic N) is 4. The molecule has 2 amide bonds. The van der Waals surface area contributed by atoms with Crippen molar-refractivity contribution in [2.24, 2.45) is 0 Å². The van der Waals surface area contributed by atoms with Crippen LogP contribution < -0.4 is 10.2 Å². The Hall–Kier alpha value is -2.31. The number of nitrogens with one attached hydrogen (secondary N) is 2. The molecule has 0 aromatic carbocycles. The molecular formula is C16H24N6O. The number of H-pyrrole nitrogens is 1. The molecular weight excluding hydrogens is 292 g/mol. The summed E-state index contributed by atoms with van der Waals surface area (Å²) in [5, 5.41) is 4.19. The molecule has 0 aliphatic carbocycles. The molecule has 124 valence electrons. The second kappa shape index (κ2) is 6.44. The van der Waals surface area contributed by atoms with E-state index in [4.69, 9.17) is 0 Å². The summed E-state index contributed by atoms with van der Waals surface area (Å²) in [6.45, 7) is 3.87. The molecule has 0 spiro atoms. The van der Waals surface area contributed by atoms with Crippen molar-refractivity contribution in [2.75, 3.05) is 32.1 Å². The number of aryl methyl sites for hydroxylation is 1. The van der Waals surface area contributed by atoms with Crippen molar-refractivity contribution in [3.8, 4) is 0 Å². The Bertz CT molecular complexity index is 695. The van der Waals surface area contributed by atoms with Crippen LogP contribution in [0.1, 0.15) is 25.3 Å². The highest BCUT2D eigenvalue weighted by Crippen LogP contribution is 2.28. The van der Waals surface area contributed by atoms with Crippen molar-refractivity contribution < 1.29 is 4.79 Å². The van der Waals surface area contributed by atoms with Crippen LogP contribution in [0.4, 0.5) is 10.6 Å². The SMILES string of the molecule is CCc1c[nH]c2ncnc(N3CCCC(NC(=O)N(C)C)C3)c12. The summed E-state index contributed by atoms with van der Waals surface area (Å²) in [5.41, 5.74) is 2.11. The lowest BCUT2D eigenvalue weighted by Gasteiger charge is -2.34. The first-order chi connectivity index (χ1) is 11.1. The monoisotopic (exact) mass is 316 g/mol. The zero-order valence-electron chi connectivity index (χ0n) is 14.0. The number of fused-ring (bicyclic) bond motifs is 1. The maximum Gasteiger partial charge on any atom is 0.317 e. The number of anilines is 1. The minimum absolute atomic E-state index is 0.0411. The van der Waals surface area contributed by atoms with E-state index < -0.39 is 0 Å². The first-order valence-corrected chi connectivity index (χ1v) is 8.14. The Kier molecular flexibility index (Phi) is 4.36. The summed E-state index contributed by atoms with van der Waals surface area (Å²) >= 11 is 0. The molecule has 1 fully saturated rings. The first-order valence-electron chi connectivity index (χ1n) is 8.14. The second-order valence-electron chi connectivity index (χ2n) is 6.22. The number of carbonyl (C=O) groups excluding carboxylic acids is 1. The molecule has 1 saturated heterocycles. The highest BCUT2D eigenvalue weighted by molar-refractivity contribution is 5.90. The van der Waals surface area contributed by atoms with E-state index in [1.807, 2.05) is 6.20 Å². The van der Waals surface area contributed by atoms with E-state index >= 15 is 0 Å². The minimum Gasteiger partial charge on any atom is -0.354 e. The fourth-order valence-corrected chi connectivity index (χ4v) is 3.12. The van der Waals surface area contributed by atoms with Gasteiger partial charge in [-0.3, -0.25) is 0 Å². The molecule has 7 nitrogen and oxygen atoms in total. The second-order valence-corrected chi connectivity index (χ2v) is 6.22. The Labute approximate surface area is 136 Å². The standard InChI is InChI=1S/C16H24N6O/c1-4-11-8-17-14-13(11)15(19-10-18-14)22-7-5-6-12(9-22)20-16(23)21(2)3/h8,10,12H,4-7,9H2,1-3H3,(H,20,23)(H,17,18,19). The Balaban J connectivity index is 1.84. The van der Waals surface area contributed by atoms with Crippen molar-refractivity contribution in [1.29, 1.82) is 0 Å². The predicted molar refractivity (Wildman–Crippen MR) is 90.7 cm³/mol. The number of rotatable bonds is 3. The van der Waals surface area contributed by atoms with Crippen LogP contribution in [0.15, 0.2) is 12.5 Å². The van der Waals surface area contributed by atoms with Gasteiger partial charge in [0, 0.05) is 39.4 Å². The van der Waals surface area contributed by atoms with Gasteiger partial charge in [-0.2, -0.15) is 0 Å². The summed E-state index contributed by atoms with van der Waals surface area (Å²) in [6, 6.07) is 0.105. The number of carbonyl (C=O) groups is 1. The van der Waals surface area contributed by atoms with Crippen molar-refractivity contribution >= 4 is 22.9 Å². The molecule has 3 heterocycles. The topological polar surface area (TPSA) is 77.1 Å². The summed E-state index contributed by atoms with van der Waals surface area (Å²) in [7, 11) is 3.52. The van der Waals surface area contributed by atoms with Gasteiger partial charge in [-0.05, 0) is 24.8 Å². The lowest BCUT2D eigenvalue weighted by atomic mass is 10.0. The van der Waals surface area contributed by atoms with Crippen LogP contribution in [0.25, 0.3) is 11.0 Å². The molecule has 1 atom stereocenters. The lowest BCUT2D eigenvalue weighted by molar-refractivity contribution is 0.211. The maximum atomic E-state index is 11.9. The molecule has 1 aliphatic heterocycles. The normalized spacial score (nSPS) is 18.2. The van der Waals surface area contributed by atoms with E-state index in [1.54, 1.807) is 25.3 Å². The number of hydrogen-bond acceptors (Lipinski definition) is 4. The zero-order chi connectivity index (χ0) is 16.4. The molecule has 7 heteroatoms. The van der Waals surface area contributed by atoms with Crippen LogP contribution in [-0.4, -0.2) is 59.1 Å². The first kappa shape index (κ1) is 15.6. The van der Waals surface area contributed by atoms with E-state index in [-0.39, 0.29) is 12.1 Å². The lowest BCUT2D eigenvalue weighted by Crippen LogP contribution is -2.50. The summed E-state index contributed by atoms with van der Waals surface area (Å²) < 4.78 is 0. The fourth-order valence-electron chi connectivity index (χ4n) is 3.12. The smallest absolute Gasteiger partial charge is 0.317 e. The number of amides is 2. The van der Waals surface area contributed by atoms with Crippen molar-refractivity contribution in [1.82, 2.24) is 25.2 Å². The van der Waals surface area contributed by atoms with E-state index in [1.165, 1.54) is 5.56 Å². The fraction of sp³-hybridized carbons (Fsp3) is 0.562. The highest BCUT2D eigenvalue weighted by atomic mass is 16.2. The van der Waals surface area contributed by atoms with Crippen LogP contribution in [0.2, 0.25) is 0 Å². The number of urea groups is 1. The molecule has 2 aromatic heterocycles. The van der Waals surface area contributed by atoms with E-state index in [2.05, 4.69) is 32.1 Å². The average Bonchev–Trinajstić information content (AvgIpc) is 2.98. The molecule has 1 aliphatic rings. The summed E-state index contributed by atoms with van der Waals surface area (Å²) in [6.07, 6.45) is 6.59. The quantitative estimate of drug-likeness (QED) is 0.904. The van der Waals surface area contributed by atoms with Gasteiger partial charge in [0.25, 0.3) is 0 Å². The average molecular weight is 316 g/mol. The summed E-state index contributed by atoms with van der Waals surface area (Å²) in [5.74, 6) is 0.969. The van der Waals surface area contributed by atoms with Crippen LogP contribution in [-0.2, 0) is 6.42 Å². The van der Waals surface area contributed by atoms with E-state index in [0.717, 1.165) is 49.2 Å². The number of piperidine rings is 1. The third-order valence-corrected chi connectivity index (χ3v) is 4.37. The van der Waals surface area contributed by atoms with E-state index in [9.17, 15) is 4.79 Å². The van der Waals surface area contributed by atoms with Crippen LogP contribution in [0, 0.1) is 0 Å². The molecule has 0 bridgehead atoms. The van der Waals surface area contributed by atoms with Gasteiger partial charge in [-0.15, -0.1) is 0 Å². The van der Waals surface area contributed by atoms with Gasteiger partial charge in [-0.1, -0.05) is 6.92 Å². The Morgan fingerprint density at radius 3 is 3.04 bits per heavy atom. The zero-order valence-corrected chi connectivity index (χ0v) is 14.0. The molecule has 1 unspecified atom stereocenters. The molecule has 2 aromatic rings. The number of hydrogen-bond donors (Lipinski definition) is 2. The Morgan fingerprint density at radius 2 is 2.30 bits per heavy atom. The van der Waals surface area contributed by atoms with Gasteiger partial charge in [0.2, 0.25) is 0 Å². The van der Waals surface area contributed by atoms with Crippen molar-refractivity contribution in [2.45, 2.75) is 32.2 Å². The third-order valence-electron chi connectivity index (χ3n) is 4.37. The van der Waals surface area contributed by atoms with Gasteiger partial charge in [0.05, 0.1) is 5.39 Å². The highest BCUT2D eigenvalue weighted by Gasteiger charge is 2.25. The van der Waals surface area contributed by atoms with Gasteiger partial charge < -0.3 is 20.1 Å². The maximum absolute atomic E-state index is 11.9. The van der Waals surface area contributed by atoms with Crippen LogP contribution >= 0.6 is 0 Å². The molecule has 2 N–H and O–H groups in total. The van der Waals surface area contributed by atoms with Gasteiger partial charge in [0.15, 0.2) is 0 Å². The van der Waals surface area contributed by atoms with E-state index in [0.29, 0.717) is 0 Å². The predicted octanol–water partition coefficient (Wildman–Crippen LogP) is 1.76. The van der Waals surface area contributed by atoms with Crippen LogP contribution in [0.5, 0.6) is 0 Å². The Morgan fingerprint density at radius 1 is 1.48 bits per heavy atom. The van der Waals surface area contributed by atoms with Crippen LogP contribution in [0.3, 0.4) is 0 Å². The molecule has 0 radical (unpaired) electrons. The largest absolute Gasteiger partial charge is 0.354 e.